The van der Waals surface area contributed by atoms with Crippen LogP contribution in [0.25, 0.3) is 11.3 Å². The fourth-order valence-electron chi connectivity index (χ4n) is 3.93. The number of benzene rings is 1. The highest BCUT2D eigenvalue weighted by Gasteiger charge is 2.22. The van der Waals surface area contributed by atoms with Crippen molar-refractivity contribution in [2.75, 3.05) is 38.2 Å². The van der Waals surface area contributed by atoms with Gasteiger partial charge in [0.2, 0.25) is 0 Å². The van der Waals surface area contributed by atoms with Crippen molar-refractivity contribution in [2.45, 2.75) is 33.5 Å². The minimum absolute atomic E-state index is 0.617. The van der Waals surface area contributed by atoms with E-state index in [1.165, 1.54) is 5.56 Å². The van der Waals surface area contributed by atoms with Crippen molar-refractivity contribution in [3.8, 4) is 11.3 Å². The molecule has 1 aromatic carbocycles. The van der Waals surface area contributed by atoms with Crippen molar-refractivity contribution in [3.05, 3.63) is 59.7 Å². The lowest BCUT2D eigenvalue weighted by atomic mass is 10.1. The van der Waals surface area contributed by atoms with Crippen LogP contribution in [0.4, 0.5) is 5.82 Å². The number of nitrogens with zero attached hydrogens (tertiary/aromatic N) is 6. The highest BCUT2D eigenvalue weighted by Crippen LogP contribution is 2.28. The van der Waals surface area contributed by atoms with E-state index in [2.05, 4.69) is 69.2 Å². The third-order valence-electron chi connectivity index (χ3n) is 5.66. The Morgan fingerprint density at radius 2 is 1.73 bits per heavy atom. The second-order valence-electron chi connectivity index (χ2n) is 7.72. The van der Waals surface area contributed by atoms with Gasteiger partial charge in [-0.1, -0.05) is 24.3 Å². The minimum atomic E-state index is 0.617. The first-order valence-electron chi connectivity index (χ1n) is 10.6. The number of ether oxygens (including phenoxy) is 1. The molecule has 1 fully saturated rings. The Bertz CT molecular complexity index is 960. The number of aromatic nitrogens is 4. The zero-order valence-corrected chi connectivity index (χ0v) is 18.1. The summed E-state index contributed by atoms with van der Waals surface area (Å²) >= 11 is 0. The van der Waals surface area contributed by atoms with E-state index in [0.29, 0.717) is 6.61 Å². The topological polar surface area (TPSA) is 59.3 Å². The number of aryl methyl sites for hydroxylation is 2. The fraction of sp³-hybridized carbons (Fsp3) is 0.435. The summed E-state index contributed by atoms with van der Waals surface area (Å²) in [6.45, 7) is 10.6. The maximum atomic E-state index is 5.21. The van der Waals surface area contributed by atoms with E-state index >= 15 is 0 Å². The number of hydrogen-bond donors (Lipinski definition) is 0. The molecule has 0 bridgehead atoms. The number of hydrogen-bond acceptors (Lipinski definition) is 6. The second kappa shape index (κ2) is 9.36. The molecule has 3 aromatic rings. The molecule has 0 saturated carbocycles. The summed E-state index contributed by atoms with van der Waals surface area (Å²) in [6.07, 6.45) is 5.73. The highest BCUT2D eigenvalue weighted by atomic mass is 16.5. The van der Waals surface area contributed by atoms with Gasteiger partial charge in [-0.05, 0) is 19.4 Å². The van der Waals surface area contributed by atoms with Crippen molar-refractivity contribution in [1.29, 1.82) is 0 Å². The summed E-state index contributed by atoms with van der Waals surface area (Å²) < 4.78 is 7.23. The second-order valence-corrected chi connectivity index (χ2v) is 7.72. The molecule has 0 amide bonds. The van der Waals surface area contributed by atoms with E-state index < -0.39 is 0 Å². The average Bonchev–Trinajstić information content (AvgIpc) is 3.14. The normalized spacial score (nSPS) is 15.0. The quantitative estimate of drug-likeness (QED) is 0.601. The van der Waals surface area contributed by atoms with Crippen molar-refractivity contribution in [2.24, 2.45) is 0 Å². The van der Waals surface area contributed by atoms with E-state index in [0.717, 1.165) is 67.6 Å². The smallest absolute Gasteiger partial charge is 0.155 e. The summed E-state index contributed by atoms with van der Waals surface area (Å²) in [7, 11) is 1.71. The van der Waals surface area contributed by atoms with Crippen LogP contribution in [0.15, 0.2) is 42.9 Å². The maximum absolute atomic E-state index is 5.21. The summed E-state index contributed by atoms with van der Waals surface area (Å²) in [5, 5.41) is 4.57. The molecule has 1 saturated heterocycles. The first-order valence-corrected chi connectivity index (χ1v) is 10.6. The molecule has 0 radical (unpaired) electrons. The Kier molecular flexibility index (Phi) is 6.40. The lowest BCUT2D eigenvalue weighted by Crippen LogP contribution is -2.46. The molecule has 7 heteroatoms. The molecule has 3 heterocycles. The Morgan fingerprint density at radius 1 is 1.00 bits per heavy atom. The van der Waals surface area contributed by atoms with Crippen LogP contribution in [-0.4, -0.2) is 57.9 Å². The third kappa shape index (κ3) is 4.52. The van der Waals surface area contributed by atoms with Crippen LogP contribution >= 0.6 is 0 Å². The van der Waals surface area contributed by atoms with Gasteiger partial charge in [-0.25, -0.2) is 4.98 Å². The lowest BCUT2D eigenvalue weighted by Gasteiger charge is -2.35. The van der Waals surface area contributed by atoms with Gasteiger partial charge in [0.25, 0.3) is 0 Å². The van der Waals surface area contributed by atoms with Gasteiger partial charge in [0, 0.05) is 76.1 Å². The maximum Gasteiger partial charge on any atom is 0.155 e. The van der Waals surface area contributed by atoms with Crippen LogP contribution in [-0.2, 0) is 24.4 Å². The van der Waals surface area contributed by atoms with Crippen molar-refractivity contribution in [3.63, 3.8) is 0 Å². The van der Waals surface area contributed by atoms with E-state index in [4.69, 9.17) is 4.74 Å². The van der Waals surface area contributed by atoms with E-state index in [1.54, 1.807) is 19.5 Å². The van der Waals surface area contributed by atoms with Gasteiger partial charge in [0.15, 0.2) is 5.82 Å². The van der Waals surface area contributed by atoms with Gasteiger partial charge < -0.3 is 9.64 Å². The largest absolute Gasteiger partial charge is 0.380 e. The molecular formula is C23H30N6O. The van der Waals surface area contributed by atoms with Crippen LogP contribution in [0.3, 0.4) is 0 Å². The van der Waals surface area contributed by atoms with Crippen LogP contribution in [0.2, 0.25) is 0 Å². The Labute approximate surface area is 178 Å². The lowest BCUT2D eigenvalue weighted by molar-refractivity contribution is 0.185. The van der Waals surface area contributed by atoms with E-state index in [-0.39, 0.29) is 0 Å². The van der Waals surface area contributed by atoms with Crippen LogP contribution in [0.5, 0.6) is 0 Å². The molecule has 7 nitrogen and oxygen atoms in total. The average molecular weight is 407 g/mol. The zero-order chi connectivity index (χ0) is 20.9. The van der Waals surface area contributed by atoms with Crippen LogP contribution in [0, 0.1) is 6.92 Å². The van der Waals surface area contributed by atoms with E-state index in [1.807, 2.05) is 4.68 Å². The number of rotatable bonds is 7. The highest BCUT2D eigenvalue weighted by molar-refractivity contribution is 5.72. The number of piperazine rings is 1. The van der Waals surface area contributed by atoms with E-state index in [9.17, 15) is 0 Å². The molecule has 0 atom stereocenters. The summed E-state index contributed by atoms with van der Waals surface area (Å²) in [4.78, 5) is 14.2. The van der Waals surface area contributed by atoms with Gasteiger partial charge in [0.05, 0.1) is 12.3 Å². The molecule has 2 aromatic heterocycles. The monoisotopic (exact) mass is 406 g/mol. The zero-order valence-electron chi connectivity index (χ0n) is 18.1. The molecule has 1 aliphatic rings. The molecular weight excluding hydrogens is 376 g/mol. The molecule has 0 spiro atoms. The van der Waals surface area contributed by atoms with Crippen LogP contribution in [0.1, 0.15) is 23.7 Å². The van der Waals surface area contributed by atoms with Crippen molar-refractivity contribution >= 4 is 5.82 Å². The Hall–Kier alpha value is -2.77. The molecule has 0 unspecified atom stereocenters. The number of methoxy groups -OCH3 is 1. The number of anilines is 1. The van der Waals surface area contributed by atoms with Gasteiger partial charge in [0.1, 0.15) is 5.69 Å². The predicted molar refractivity (Wildman–Crippen MR) is 118 cm³/mol. The molecule has 30 heavy (non-hydrogen) atoms. The molecule has 0 aliphatic carbocycles. The Morgan fingerprint density at radius 3 is 2.40 bits per heavy atom. The Balaban J connectivity index is 1.44. The SMILES string of the molecule is CCn1cc(CN2CCN(c3nccnc3-c3ccc(COC)cc3)CC2)c(C)n1. The third-order valence-corrected chi connectivity index (χ3v) is 5.66. The van der Waals surface area contributed by atoms with Crippen LogP contribution < -0.4 is 4.90 Å². The minimum Gasteiger partial charge on any atom is -0.380 e. The summed E-state index contributed by atoms with van der Waals surface area (Å²) in [5.74, 6) is 0.964. The molecule has 4 rings (SSSR count). The summed E-state index contributed by atoms with van der Waals surface area (Å²) in [5.41, 5.74) is 5.63. The first-order chi connectivity index (χ1) is 14.7. The molecule has 1 aliphatic heterocycles. The molecule has 0 N–H and O–H groups in total. The summed E-state index contributed by atoms with van der Waals surface area (Å²) in [6, 6.07) is 8.39. The van der Waals surface area contributed by atoms with Gasteiger partial charge in [-0.2, -0.15) is 5.10 Å². The van der Waals surface area contributed by atoms with Gasteiger partial charge in [-0.15, -0.1) is 0 Å². The standard InChI is InChI=1S/C23H30N6O/c1-4-29-16-21(18(2)26-29)15-27-11-13-28(14-12-27)23-22(24-9-10-25-23)20-7-5-19(6-8-20)17-30-3/h5-10,16H,4,11-15,17H2,1-3H3. The molecule has 158 valence electrons. The fourth-order valence-corrected chi connectivity index (χ4v) is 3.93. The van der Waals surface area contributed by atoms with Crippen molar-refractivity contribution < 1.29 is 4.74 Å². The van der Waals surface area contributed by atoms with Gasteiger partial charge in [-0.3, -0.25) is 14.6 Å². The van der Waals surface area contributed by atoms with Crippen molar-refractivity contribution in [1.82, 2.24) is 24.6 Å². The predicted octanol–water partition coefficient (Wildman–Crippen LogP) is 3.14. The van der Waals surface area contributed by atoms with Gasteiger partial charge >= 0.3 is 0 Å². The first kappa shape index (κ1) is 20.5.